The van der Waals surface area contributed by atoms with Crippen molar-refractivity contribution in [3.8, 4) is 0 Å². The van der Waals surface area contributed by atoms with Gasteiger partial charge in [-0.05, 0) is 80.3 Å². The second-order valence-electron chi connectivity index (χ2n) is 6.42. The molecule has 0 saturated carbocycles. The van der Waals surface area contributed by atoms with E-state index in [-0.39, 0.29) is 0 Å². The molecule has 0 unspecified atom stereocenters. The highest BCUT2D eigenvalue weighted by molar-refractivity contribution is 6.26. The Balaban J connectivity index is 2.12. The lowest BCUT2D eigenvalue weighted by molar-refractivity contribution is 0.968. The molecule has 94 valence electrons. The van der Waals surface area contributed by atoms with Crippen molar-refractivity contribution in [3.05, 3.63) is 58.7 Å². The maximum atomic E-state index is 2.36. The zero-order valence-electron chi connectivity index (χ0n) is 11.3. The van der Waals surface area contributed by atoms with Crippen LogP contribution in [0.1, 0.15) is 22.3 Å². The van der Waals surface area contributed by atoms with Gasteiger partial charge < -0.3 is 0 Å². The highest BCUT2D eigenvalue weighted by atomic mass is 14.3. The van der Waals surface area contributed by atoms with Crippen molar-refractivity contribution in [2.75, 3.05) is 0 Å². The number of hydrogen-bond acceptors (Lipinski definition) is 0. The van der Waals surface area contributed by atoms with E-state index >= 15 is 0 Å². The van der Waals surface area contributed by atoms with Crippen LogP contribution in [0, 0.1) is 0 Å². The number of aryl methyl sites for hydroxylation is 4. The Labute approximate surface area is 117 Å². The molecular formula is C20H14. The summed E-state index contributed by atoms with van der Waals surface area (Å²) < 4.78 is 0. The van der Waals surface area contributed by atoms with Gasteiger partial charge in [0.15, 0.2) is 0 Å². The molecule has 4 aromatic rings. The zero-order valence-corrected chi connectivity index (χ0v) is 11.3. The van der Waals surface area contributed by atoms with E-state index in [0.717, 1.165) is 0 Å². The number of fused-ring (bicyclic) bond motifs is 1. The van der Waals surface area contributed by atoms with Gasteiger partial charge in [-0.15, -0.1) is 0 Å². The first-order chi connectivity index (χ1) is 9.92. The third-order valence-corrected chi connectivity index (χ3v) is 5.60. The topological polar surface area (TPSA) is 0 Å². The van der Waals surface area contributed by atoms with Crippen LogP contribution in [0.3, 0.4) is 0 Å². The van der Waals surface area contributed by atoms with Gasteiger partial charge in [0, 0.05) is 0 Å². The van der Waals surface area contributed by atoms with Gasteiger partial charge in [-0.3, -0.25) is 0 Å². The van der Waals surface area contributed by atoms with Gasteiger partial charge in [-0.2, -0.15) is 0 Å². The summed E-state index contributed by atoms with van der Waals surface area (Å²) in [4.78, 5) is 0. The van der Waals surface area contributed by atoms with Gasteiger partial charge in [-0.1, -0.05) is 36.4 Å². The molecule has 0 nitrogen and oxygen atoms in total. The van der Waals surface area contributed by atoms with Crippen molar-refractivity contribution in [2.45, 2.75) is 25.7 Å². The summed E-state index contributed by atoms with van der Waals surface area (Å²) in [7, 11) is 0. The Morgan fingerprint density at radius 3 is 1.40 bits per heavy atom. The SMILES string of the molecule is c1cc2ccc3ccc4c5c(c6c(c1CC6)c2c35)CC4. The zero-order chi connectivity index (χ0) is 12.8. The minimum Gasteiger partial charge on any atom is -0.0578 e. The summed E-state index contributed by atoms with van der Waals surface area (Å²) in [6.07, 6.45) is 5.00. The molecule has 0 amide bonds. The normalized spacial score (nSPS) is 16.2. The van der Waals surface area contributed by atoms with E-state index < -0.39 is 0 Å². The molecule has 0 heterocycles. The lowest BCUT2D eigenvalue weighted by Gasteiger charge is -2.15. The summed E-state index contributed by atoms with van der Waals surface area (Å²) in [6.45, 7) is 0. The van der Waals surface area contributed by atoms with Crippen molar-refractivity contribution in [1.82, 2.24) is 0 Å². The summed E-state index contributed by atoms with van der Waals surface area (Å²) >= 11 is 0. The van der Waals surface area contributed by atoms with Crippen molar-refractivity contribution in [2.24, 2.45) is 0 Å². The Morgan fingerprint density at radius 2 is 0.900 bits per heavy atom. The average Bonchev–Trinajstić information content (AvgIpc) is 3.09. The second-order valence-corrected chi connectivity index (χ2v) is 6.42. The predicted octanol–water partition coefficient (Wildman–Crippen LogP) is 4.78. The van der Waals surface area contributed by atoms with E-state index in [1.54, 1.807) is 43.8 Å². The van der Waals surface area contributed by atoms with E-state index in [2.05, 4.69) is 36.4 Å². The van der Waals surface area contributed by atoms with E-state index in [1.165, 1.54) is 36.5 Å². The Morgan fingerprint density at radius 1 is 0.450 bits per heavy atom. The van der Waals surface area contributed by atoms with Gasteiger partial charge in [0.25, 0.3) is 0 Å². The molecule has 0 aromatic heterocycles. The molecule has 0 atom stereocenters. The maximum Gasteiger partial charge on any atom is -0.00210 e. The highest BCUT2D eigenvalue weighted by Gasteiger charge is 2.27. The summed E-state index contributed by atoms with van der Waals surface area (Å²) in [5.74, 6) is 0. The molecule has 2 aliphatic rings. The average molecular weight is 254 g/mol. The summed E-state index contributed by atoms with van der Waals surface area (Å²) in [5, 5.41) is 9.17. The van der Waals surface area contributed by atoms with Crippen molar-refractivity contribution < 1.29 is 0 Å². The smallest absolute Gasteiger partial charge is 0.00210 e. The third-order valence-electron chi connectivity index (χ3n) is 5.60. The Kier molecular flexibility index (Phi) is 1.46. The first-order valence-corrected chi connectivity index (χ1v) is 7.65. The Bertz CT molecular complexity index is 952. The molecule has 0 heteroatoms. The second kappa shape index (κ2) is 2.98. The van der Waals surface area contributed by atoms with E-state index in [1.807, 2.05) is 0 Å². The van der Waals surface area contributed by atoms with Crippen molar-refractivity contribution in [1.29, 1.82) is 0 Å². The molecule has 0 saturated heterocycles. The van der Waals surface area contributed by atoms with E-state index in [4.69, 9.17) is 0 Å². The molecule has 0 fully saturated rings. The Hall–Kier alpha value is -2.08. The molecule has 2 aliphatic carbocycles. The molecule has 0 aliphatic heterocycles. The van der Waals surface area contributed by atoms with Gasteiger partial charge >= 0.3 is 0 Å². The number of benzene rings is 4. The summed E-state index contributed by atoms with van der Waals surface area (Å²) in [6, 6.07) is 14.0. The molecule has 4 aromatic carbocycles. The fourth-order valence-electron chi connectivity index (χ4n) is 4.80. The molecule has 6 rings (SSSR count). The third kappa shape index (κ3) is 0.895. The highest BCUT2D eigenvalue weighted by Crippen LogP contribution is 2.47. The molecule has 0 N–H and O–H groups in total. The maximum absolute atomic E-state index is 2.36. The van der Waals surface area contributed by atoms with Crippen LogP contribution in [0.5, 0.6) is 0 Å². The fourth-order valence-corrected chi connectivity index (χ4v) is 4.80. The van der Waals surface area contributed by atoms with Gasteiger partial charge in [-0.25, -0.2) is 0 Å². The molecular weight excluding hydrogens is 240 g/mol. The van der Waals surface area contributed by atoms with Crippen molar-refractivity contribution in [3.63, 3.8) is 0 Å². The predicted molar refractivity (Wildman–Crippen MR) is 85.0 cm³/mol. The van der Waals surface area contributed by atoms with Crippen molar-refractivity contribution >= 4 is 32.3 Å². The van der Waals surface area contributed by atoms with Crippen LogP contribution in [0.25, 0.3) is 32.3 Å². The minimum absolute atomic E-state index is 1.24. The van der Waals surface area contributed by atoms with Crippen LogP contribution < -0.4 is 0 Å². The van der Waals surface area contributed by atoms with Gasteiger partial charge in [0.05, 0.1) is 0 Å². The van der Waals surface area contributed by atoms with Crippen LogP contribution in [0.15, 0.2) is 36.4 Å². The van der Waals surface area contributed by atoms with Crippen LogP contribution in [0.2, 0.25) is 0 Å². The molecule has 0 radical (unpaired) electrons. The molecule has 0 bridgehead atoms. The number of rotatable bonds is 0. The van der Waals surface area contributed by atoms with Gasteiger partial charge in [0.1, 0.15) is 0 Å². The van der Waals surface area contributed by atoms with Gasteiger partial charge in [0.2, 0.25) is 0 Å². The van der Waals surface area contributed by atoms with Crippen LogP contribution >= 0.6 is 0 Å². The number of hydrogen-bond donors (Lipinski definition) is 0. The fraction of sp³-hybridized carbons (Fsp3) is 0.200. The quantitative estimate of drug-likeness (QED) is 0.396. The largest absolute Gasteiger partial charge is 0.0578 e. The molecule has 20 heavy (non-hydrogen) atoms. The standard InChI is InChI=1S/C20H14/c1-3-13-5-6-14-4-2-12-8-10-16-15-9-7-11(1)17(15)19(13)20(14)18(12)16/h1-6H,7-10H2. The molecule has 0 spiro atoms. The van der Waals surface area contributed by atoms with Crippen LogP contribution in [-0.2, 0) is 25.7 Å². The lowest BCUT2D eigenvalue weighted by Crippen LogP contribution is -1.92. The van der Waals surface area contributed by atoms with E-state index in [0.29, 0.717) is 0 Å². The van der Waals surface area contributed by atoms with E-state index in [9.17, 15) is 0 Å². The monoisotopic (exact) mass is 254 g/mol. The lowest BCUT2D eigenvalue weighted by atomic mass is 9.88. The van der Waals surface area contributed by atoms with Crippen LogP contribution in [-0.4, -0.2) is 0 Å². The summed E-state index contributed by atoms with van der Waals surface area (Å²) in [5.41, 5.74) is 6.51. The first-order valence-electron chi connectivity index (χ1n) is 7.65. The first kappa shape index (κ1) is 9.77. The minimum atomic E-state index is 1.24. The van der Waals surface area contributed by atoms with Crippen LogP contribution in [0.4, 0.5) is 0 Å².